The van der Waals surface area contributed by atoms with Crippen molar-refractivity contribution in [2.75, 3.05) is 0 Å². The zero-order valence-corrected chi connectivity index (χ0v) is 15.7. The van der Waals surface area contributed by atoms with Gasteiger partial charge >= 0.3 is 0 Å². The smallest absolute Gasteiger partial charge is 0.251 e. The summed E-state index contributed by atoms with van der Waals surface area (Å²) < 4.78 is 0. The fraction of sp³-hybridized carbons (Fsp3) is 0.190. The monoisotopic (exact) mass is 381 g/mol. The highest BCUT2D eigenvalue weighted by Crippen LogP contribution is 2.29. The van der Waals surface area contributed by atoms with Gasteiger partial charge in [0.05, 0.1) is 12.2 Å². The van der Waals surface area contributed by atoms with Crippen LogP contribution in [0.15, 0.2) is 65.5 Å². The molecule has 0 saturated heterocycles. The maximum atomic E-state index is 12.6. The van der Waals surface area contributed by atoms with Gasteiger partial charge in [0.15, 0.2) is 0 Å². The Balaban J connectivity index is 1.75. The molecule has 2 aromatic carbocycles. The molecule has 1 amide bonds. The van der Waals surface area contributed by atoms with E-state index in [9.17, 15) is 9.59 Å². The van der Waals surface area contributed by atoms with Crippen LogP contribution in [0.1, 0.15) is 35.0 Å². The number of aryl methyl sites for hydroxylation is 1. The molecule has 0 spiro atoms. The van der Waals surface area contributed by atoms with Crippen molar-refractivity contribution < 1.29 is 4.79 Å². The van der Waals surface area contributed by atoms with E-state index in [-0.39, 0.29) is 30.3 Å². The van der Waals surface area contributed by atoms with Crippen molar-refractivity contribution in [2.45, 2.75) is 25.8 Å². The first-order valence-corrected chi connectivity index (χ1v) is 9.03. The lowest BCUT2D eigenvalue weighted by molar-refractivity contribution is -0.121. The van der Waals surface area contributed by atoms with Gasteiger partial charge in [-0.15, -0.1) is 0 Å². The Labute approximate surface area is 162 Å². The van der Waals surface area contributed by atoms with Crippen molar-refractivity contribution in [1.82, 2.24) is 15.3 Å². The molecule has 1 aromatic heterocycles. The Morgan fingerprint density at radius 1 is 1.11 bits per heavy atom. The molecule has 1 heterocycles. The summed E-state index contributed by atoms with van der Waals surface area (Å²) in [7, 11) is 0. The number of halogens is 1. The van der Waals surface area contributed by atoms with Crippen LogP contribution in [0.3, 0.4) is 0 Å². The largest absolute Gasteiger partial charge is 0.350 e. The molecule has 0 fully saturated rings. The van der Waals surface area contributed by atoms with Crippen LogP contribution >= 0.6 is 11.6 Å². The summed E-state index contributed by atoms with van der Waals surface area (Å²) in [4.78, 5) is 30.9. The summed E-state index contributed by atoms with van der Waals surface area (Å²) in [6.45, 7) is 1.91. The molecule has 0 radical (unpaired) electrons. The number of hydrogen-bond donors (Lipinski definition) is 2. The predicted molar refractivity (Wildman–Crippen MR) is 106 cm³/mol. The Morgan fingerprint density at radius 2 is 1.85 bits per heavy atom. The zero-order chi connectivity index (χ0) is 19.2. The maximum absolute atomic E-state index is 12.6. The van der Waals surface area contributed by atoms with Gasteiger partial charge in [-0.1, -0.05) is 54.1 Å². The van der Waals surface area contributed by atoms with Gasteiger partial charge in [-0.05, 0) is 30.2 Å². The van der Waals surface area contributed by atoms with Crippen LogP contribution in [0.2, 0.25) is 5.02 Å². The molecule has 2 N–H and O–H groups in total. The summed E-state index contributed by atoms with van der Waals surface area (Å²) in [5, 5.41) is 3.49. The number of nitrogens with zero attached hydrogens (tertiary/aromatic N) is 1. The number of H-pyrrole nitrogens is 1. The van der Waals surface area contributed by atoms with E-state index in [1.807, 2.05) is 54.6 Å². The number of amides is 1. The lowest BCUT2D eigenvalue weighted by Gasteiger charge is -2.18. The predicted octanol–water partition coefficient (Wildman–Crippen LogP) is 3.57. The Kier molecular flexibility index (Phi) is 6.04. The number of carbonyl (C=O) groups excluding carboxylic acids is 1. The first kappa shape index (κ1) is 18.9. The number of benzene rings is 2. The van der Waals surface area contributed by atoms with E-state index >= 15 is 0 Å². The minimum Gasteiger partial charge on any atom is -0.350 e. The normalized spacial score (nSPS) is 11.8. The van der Waals surface area contributed by atoms with Gasteiger partial charge < -0.3 is 10.3 Å². The molecule has 0 aliphatic rings. The standard InChI is InChI=1S/C21H20ClN3O2/c1-14-24-18(11-21(27)25-14)13-23-20(26)12-19(15-6-3-2-4-7-15)16-8-5-9-17(22)10-16/h2-11,19H,12-13H2,1H3,(H,23,26)(H,24,25,27). The van der Waals surface area contributed by atoms with Crippen molar-refractivity contribution in [3.05, 3.63) is 98.7 Å². The van der Waals surface area contributed by atoms with E-state index in [0.717, 1.165) is 11.1 Å². The molecule has 0 aliphatic carbocycles. The second-order valence-electron chi connectivity index (χ2n) is 6.32. The lowest BCUT2D eigenvalue weighted by atomic mass is 9.88. The Hall–Kier alpha value is -2.92. The maximum Gasteiger partial charge on any atom is 0.251 e. The minimum absolute atomic E-state index is 0.112. The van der Waals surface area contributed by atoms with Crippen molar-refractivity contribution in [3.8, 4) is 0 Å². The van der Waals surface area contributed by atoms with Crippen LogP contribution in [0.4, 0.5) is 0 Å². The summed E-state index contributed by atoms with van der Waals surface area (Å²) in [5.41, 5.74) is 2.32. The minimum atomic E-state index is -0.229. The van der Waals surface area contributed by atoms with E-state index < -0.39 is 0 Å². The number of carbonyl (C=O) groups is 1. The van der Waals surface area contributed by atoms with Crippen molar-refractivity contribution >= 4 is 17.5 Å². The number of nitrogens with one attached hydrogen (secondary N) is 2. The van der Waals surface area contributed by atoms with E-state index in [1.165, 1.54) is 6.07 Å². The molecule has 1 unspecified atom stereocenters. The summed E-state index contributed by atoms with van der Waals surface area (Å²) in [5.74, 6) is 0.287. The highest BCUT2D eigenvalue weighted by molar-refractivity contribution is 6.30. The highest BCUT2D eigenvalue weighted by atomic mass is 35.5. The van der Waals surface area contributed by atoms with Crippen molar-refractivity contribution in [2.24, 2.45) is 0 Å². The lowest BCUT2D eigenvalue weighted by Crippen LogP contribution is -2.26. The van der Waals surface area contributed by atoms with Crippen molar-refractivity contribution in [1.29, 1.82) is 0 Å². The SMILES string of the molecule is Cc1nc(CNC(=O)CC(c2ccccc2)c2cccc(Cl)c2)cc(=O)[nH]1. The number of aromatic amines is 1. The molecular weight excluding hydrogens is 362 g/mol. The quantitative estimate of drug-likeness (QED) is 0.685. The zero-order valence-electron chi connectivity index (χ0n) is 14.9. The molecule has 6 heteroatoms. The molecule has 5 nitrogen and oxygen atoms in total. The van der Waals surface area contributed by atoms with Gasteiger partial charge in [0, 0.05) is 23.4 Å². The fourth-order valence-electron chi connectivity index (χ4n) is 3.02. The topological polar surface area (TPSA) is 74.8 Å². The molecule has 0 saturated carbocycles. The molecule has 3 rings (SSSR count). The molecule has 27 heavy (non-hydrogen) atoms. The first-order valence-electron chi connectivity index (χ1n) is 8.65. The number of rotatable bonds is 6. The molecule has 0 bridgehead atoms. The Bertz CT molecular complexity index is 986. The molecule has 138 valence electrons. The van der Waals surface area contributed by atoms with E-state index in [2.05, 4.69) is 15.3 Å². The molecular formula is C21H20ClN3O2. The van der Waals surface area contributed by atoms with E-state index in [4.69, 9.17) is 11.6 Å². The van der Waals surface area contributed by atoms with Crippen LogP contribution in [0.5, 0.6) is 0 Å². The molecule has 3 aromatic rings. The van der Waals surface area contributed by atoms with Gasteiger partial charge in [0.25, 0.3) is 5.56 Å². The average Bonchev–Trinajstić information content (AvgIpc) is 2.64. The van der Waals surface area contributed by atoms with Crippen LogP contribution in [-0.2, 0) is 11.3 Å². The van der Waals surface area contributed by atoms with Crippen LogP contribution in [0, 0.1) is 6.92 Å². The van der Waals surface area contributed by atoms with Gasteiger partial charge in [-0.3, -0.25) is 9.59 Å². The van der Waals surface area contributed by atoms with Gasteiger partial charge in [0.2, 0.25) is 5.91 Å². The van der Waals surface area contributed by atoms with Crippen molar-refractivity contribution in [3.63, 3.8) is 0 Å². The summed E-state index contributed by atoms with van der Waals surface area (Å²) in [6.07, 6.45) is 0.270. The third-order valence-corrected chi connectivity index (χ3v) is 4.46. The highest BCUT2D eigenvalue weighted by Gasteiger charge is 2.18. The Morgan fingerprint density at radius 3 is 2.56 bits per heavy atom. The van der Waals surface area contributed by atoms with Crippen LogP contribution < -0.4 is 10.9 Å². The van der Waals surface area contributed by atoms with E-state index in [0.29, 0.717) is 16.5 Å². The number of aromatic nitrogens is 2. The van der Waals surface area contributed by atoms with Crippen LogP contribution in [-0.4, -0.2) is 15.9 Å². The third-order valence-electron chi connectivity index (χ3n) is 4.22. The summed E-state index contributed by atoms with van der Waals surface area (Å²) in [6, 6.07) is 18.8. The van der Waals surface area contributed by atoms with Gasteiger partial charge in [-0.25, -0.2) is 4.98 Å². The molecule has 1 atom stereocenters. The fourth-order valence-corrected chi connectivity index (χ4v) is 3.21. The van der Waals surface area contributed by atoms with Gasteiger partial charge in [0.1, 0.15) is 5.82 Å². The summed E-state index contributed by atoms with van der Waals surface area (Å²) >= 11 is 6.14. The van der Waals surface area contributed by atoms with Crippen LogP contribution in [0.25, 0.3) is 0 Å². The average molecular weight is 382 g/mol. The first-order chi connectivity index (χ1) is 13.0. The second kappa shape index (κ2) is 8.64. The van der Waals surface area contributed by atoms with Gasteiger partial charge in [-0.2, -0.15) is 0 Å². The van der Waals surface area contributed by atoms with E-state index in [1.54, 1.807) is 6.92 Å². The molecule has 0 aliphatic heterocycles. The number of hydrogen-bond acceptors (Lipinski definition) is 3. The third kappa shape index (κ3) is 5.28. The second-order valence-corrected chi connectivity index (χ2v) is 6.76.